The normalized spacial score (nSPS) is 23.1. The van der Waals surface area contributed by atoms with Crippen LogP contribution in [0.25, 0.3) is 0 Å². The van der Waals surface area contributed by atoms with Crippen LogP contribution in [0.4, 0.5) is 0 Å². The van der Waals surface area contributed by atoms with Crippen molar-refractivity contribution in [3.8, 4) is 6.07 Å². The SMILES string of the molecule is C[C@@H]([C@@H](OCc1ccccc1)[C@@H](C)COCc1ccccc1)[C@H]1CC(C#N)OC(C)(C)O1. The van der Waals surface area contributed by atoms with E-state index in [9.17, 15) is 5.26 Å². The Hall–Kier alpha value is -2.23. The summed E-state index contributed by atoms with van der Waals surface area (Å²) in [5, 5.41) is 9.47. The van der Waals surface area contributed by atoms with Crippen LogP contribution in [0.2, 0.25) is 0 Å². The van der Waals surface area contributed by atoms with E-state index >= 15 is 0 Å². The van der Waals surface area contributed by atoms with Crippen molar-refractivity contribution in [3.05, 3.63) is 71.8 Å². The summed E-state index contributed by atoms with van der Waals surface area (Å²) >= 11 is 0. The maximum atomic E-state index is 9.47. The fourth-order valence-corrected chi connectivity index (χ4v) is 4.29. The van der Waals surface area contributed by atoms with Crippen LogP contribution in [-0.2, 0) is 32.2 Å². The molecule has 32 heavy (non-hydrogen) atoms. The highest BCUT2D eigenvalue weighted by Gasteiger charge is 2.41. The Morgan fingerprint density at radius 1 is 0.969 bits per heavy atom. The first-order valence-corrected chi connectivity index (χ1v) is 11.4. The molecule has 172 valence electrons. The van der Waals surface area contributed by atoms with E-state index in [4.69, 9.17) is 18.9 Å². The van der Waals surface area contributed by atoms with Gasteiger partial charge in [-0.25, -0.2) is 0 Å². The molecule has 0 aliphatic carbocycles. The summed E-state index contributed by atoms with van der Waals surface area (Å²) in [5.74, 6) is -0.588. The highest BCUT2D eigenvalue weighted by atomic mass is 16.7. The molecule has 5 nitrogen and oxygen atoms in total. The van der Waals surface area contributed by atoms with Gasteiger partial charge < -0.3 is 18.9 Å². The van der Waals surface area contributed by atoms with Crippen LogP contribution in [0.5, 0.6) is 0 Å². The maximum Gasteiger partial charge on any atom is 0.164 e. The van der Waals surface area contributed by atoms with Crippen molar-refractivity contribution in [1.29, 1.82) is 5.26 Å². The van der Waals surface area contributed by atoms with Crippen LogP contribution in [0, 0.1) is 23.2 Å². The molecule has 0 spiro atoms. The molecule has 1 unspecified atom stereocenters. The second-order valence-electron chi connectivity index (χ2n) is 9.13. The largest absolute Gasteiger partial charge is 0.376 e. The van der Waals surface area contributed by atoms with Crippen molar-refractivity contribution in [2.45, 2.75) is 71.4 Å². The first-order chi connectivity index (χ1) is 15.4. The van der Waals surface area contributed by atoms with Gasteiger partial charge in [-0.15, -0.1) is 0 Å². The Balaban J connectivity index is 1.67. The zero-order valence-corrected chi connectivity index (χ0v) is 19.6. The summed E-state index contributed by atoms with van der Waals surface area (Å²) in [7, 11) is 0. The van der Waals surface area contributed by atoms with E-state index < -0.39 is 11.9 Å². The molecular formula is C27H35NO4. The molecule has 0 saturated carbocycles. The van der Waals surface area contributed by atoms with Crippen LogP contribution in [0.1, 0.15) is 45.2 Å². The molecule has 1 heterocycles. The average molecular weight is 438 g/mol. The lowest BCUT2D eigenvalue weighted by atomic mass is 9.86. The number of nitrogens with zero attached hydrogens (tertiary/aromatic N) is 1. The predicted molar refractivity (Wildman–Crippen MR) is 124 cm³/mol. The Labute approximate surface area is 192 Å². The van der Waals surface area contributed by atoms with Crippen LogP contribution >= 0.6 is 0 Å². The molecule has 0 radical (unpaired) electrons. The minimum absolute atomic E-state index is 0.0630. The zero-order chi connectivity index (χ0) is 23.0. The lowest BCUT2D eigenvalue weighted by Gasteiger charge is -2.43. The Morgan fingerprint density at radius 2 is 1.56 bits per heavy atom. The molecule has 1 aliphatic rings. The van der Waals surface area contributed by atoms with Crippen molar-refractivity contribution in [2.24, 2.45) is 11.8 Å². The van der Waals surface area contributed by atoms with E-state index in [1.54, 1.807) is 0 Å². The second-order valence-corrected chi connectivity index (χ2v) is 9.13. The first-order valence-electron chi connectivity index (χ1n) is 11.4. The van der Waals surface area contributed by atoms with Gasteiger partial charge in [-0.05, 0) is 25.0 Å². The quantitative estimate of drug-likeness (QED) is 0.491. The standard InChI is InChI=1S/C27H35NO4/c1-20(17-29-18-22-11-7-5-8-12-22)26(30-19-23-13-9-6-10-14-23)21(2)25-15-24(16-28)31-27(3,4)32-25/h5-14,20-21,24-26H,15,17-19H2,1-4H3/t20-,21+,24?,25+,26-/m0/s1. The van der Waals surface area contributed by atoms with Crippen molar-refractivity contribution in [2.75, 3.05) is 6.61 Å². The van der Waals surface area contributed by atoms with Crippen LogP contribution in [0.3, 0.4) is 0 Å². The lowest BCUT2D eigenvalue weighted by Crippen LogP contribution is -2.50. The fourth-order valence-electron chi connectivity index (χ4n) is 4.29. The minimum Gasteiger partial charge on any atom is -0.376 e. The molecule has 2 aromatic rings. The highest BCUT2D eigenvalue weighted by molar-refractivity contribution is 5.14. The molecule has 1 saturated heterocycles. The van der Waals surface area contributed by atoms with Gasteiger partial charge in [0.1, 0.15) is 6.10 Å². The monoisotopic (exact) mass is 437 g/mol. The summed E-state index contributed by atoms with van der Waals surface area (Å²) in [5.41, 5.74) is 2.28. The molecule has 0 amide bonds. The highest BCUT2D eigenvalue weighted by Crippen LogP contribution is 2.34. The van der Waals surface area contributed by atoms with Crippen molar-refractivity contribution in [1.82, 2.24) is 0 Å². The minimum atomic E-state index is -0.797. The topological polar surface area (TPSA) is 60.7 Å². The molecular weight excluding hydrogens is 402 g/mol. The fraction of sp³-hybridized carbons (Fsp3) is 0.519. The molecule has 5 atom stereocenters. The molecule has 0 aromatic heterocycles. The van der Waals surface area contributed by atoms with Gasteiger partial charge in [0.25, 0.3) is 0 Å². The summed E-state index contributed by atoms with van der Waals surface area (Å²) < 4.78 is 24.5. The van der Waals surface area contributed by atoms with Crippen molar-refractivity contribution < 1.29 is 18.9 Å². The number of hydrogen-bond donors (Lipinski definition) is 0. The molecule has 0 N–H and O–H groups in total. The van der Waals surface area contributed by atoms with E-state index in [-0.39, 0.29) is 24.0 Å². The van der Waals surface area contributed by atoms with Gasteiger partial charge in [0.15, 0.2) is 5.79 Å². The Kier molecular flexibility index (Phi) is 8.84. The molecule has 3 rings (SSSR count). The van der Waals surface area contributed by atoms with Gasteiger partial charge in [-0.3, -0.25) is 0 Å². The number of hydrogen-bond acceptors (Lipinski definition) is 5. The third-order valence-corrected chi connectivity index (χ3v) is 5.89. The molecule has 1 aliphatic heterocycles. The molecule has 2 aromatic carbocycles. The molecule has 1 fully saturated rings. The van der Waals surface area contributed by atoms with Crippen LogP contribution in [-0.4, -0.2) is 30.7 Å². The van der Waals surface area contributed by atoms with E-state index in [2.05, 4.69) is 44.2 Å². The average Bonchev–Trinajstić information content (AvgIpc) is 2.79. The number of benzene rings is 2. The summed E-state index contributed by atoms with van der Waals surface area (Å²) in [6.45, 7) is 9.70. The van der Waals surface area contributed by atoms with Crippen molar-refractivity contribution in [3.63, 3.8) is 0 Å². The number of rotatable bonds is 10. The van der Waals surface area contributed by atoms with Gasteiger partial charge in [0, 0.05) is 18.3 Å². The summed E-state index contributed by atoms with van der Waals surface area (Å²) in [6.07, 6.45) is -0.181. The number of ether oxygens (including phenoxy) is 4. The van der Waals surface area contributed by atoms with E-state index in [0.717, 1.165) is 11.1 Å². The van der Waals surface area contributed by atoms with Crippen LogP contribution in [0.15, 0.2) is 60.7 Å². The van der Waals surface area contributed by atoms with Gasteiger partial charge in [0.2, 0.25) is 0 Å². The van der Waals surface area contributed by atoms with Crippen molar-refractivity contribution >= 4 is 0 Å². The Bertz CT molecular complexity index is 849. The zero-order valence-electron chi connectivity index (χ0n) is 19.6. The van der Waals surface area contributed by atoms with Crippen LogP contribution < -0.4 is 0 Å². The maximum absolute atomic E-state index is 9.47. The van der Waals surface area contributed by atoms with E-state index in [1.165, 1.54) is 0 Å². The number of nitriles is 1. The lowest BCUT2D eigenvalue weighted by molar-refractivity contribution is -0.303. The van der Waals surface area contributed by atoms with E-state index in [1.807, 2.05) is 50.2 Å². The van der Waals surface area contributed by atoms with Gasteiger partial charge in [0.05, 0.1) is 38.1 Å². The van der Waals surface area contributed by atoms with Gasteiger partial charge in [-0.1, -0.05) is 74.5 Å². The summed E-state index contributed by atoms with van der Waals surface area (Å²) in [4.78, 5) is 0. The molecule has 0 bridgehead atoms. The van der Waals surface area contributed by atoms with Gasteiger partial charge in [-0.2, -0.15) is 5.26 Å². The first kappa shape index (κ1) is 24.4. The predicted octanol–water partition coefficient (Wildman–Crippen LogP) is 5.49. The second kappa shape index (κ2) is 11.6. The van der Waals surface area contributed by atoms with E-state index in [0.29, 0.717) is 26.2 Å². The third-order valence-electron chi connectivity index (χ3n) is 5.89. The smallest absolute Gasteiger partial charge is 0.164 e. The third kappa shape index (κ3) is 7.15. The van der Waals surface area contributed by atoms with Gasteiger partial charge >= 0.3 is 0 Å². The molecule has 5 heteroatoms. The Morgan fingerprint density at radius 3 is 2.16 bits per heavy atom. The summed E-state index contributed by atoms with van der Waals surface area (Å²) in [6, 6.07) is 22.6.